The fourth-order valence-electron chi connectivity index (χ4n) is 3.92. The van der Waals surface area contributed by atoms with Crippen LogP contribution in [-0.2, 0) is 4.74 Å². The highest BCUT2D eigenvalue weighted by Crippen LogP contribution is 2.36. The van der Waals surface area contributed by atoms with E-state index in [0.29, 0.717) is 23.3 Å². The van der Waals surface area contributed by atoms with E-state index in [2.05, 4.69) is 22.2 Å². The zero-order valence-corrected chi connectivity index (χ0v) is 19.3. The molecule has 0 saturated carbocycles. The van der Waals surface area contributed by atoms with Gasteiger partial charge in [-0.2, -0.15) is 0 Å². The third-order valence-electron chi connectivity index (χ3n) is 5.79. The maximum Gasteiger partial charge on any atom is 0.338 e. The number of aromatic hydroxyl groups is 1. The molecular weight excluding hydrogens is 426 g/mol. The molecule has 6 heteroatoms. The lowest BCUT2D eigenvalue weighted by atomic mass is 9.96. The number of phenolic OH excluding ortho intramolecular Hbond substituents is 1. The van der Waals surface area contributed by atoms with Crippen LogP contribution in [0.3, 0.4) is 0 Å². The van der Waals surface area contributed by atoms with E-state index in [4.69, 9.17) is 4.74 Å². The van der Waals surface area contributed by atoms with Crippen LogP contribution in [0.2, 0.25) is 0 Å². The zero-order valence-electron chi connectivity index (χ0n) is 19.3. The number of nitrogens with zero attached hydrogens (tertiary/aromatic N) is 2. The molecule has 1 unspecified atom stereocenters. The Kier molecular flexibility index (Phi) is 7.71. The van der Waals surface area contributed by atoms with Crippen LogP contribution in [0.4, 0.5) is 5.69 Å². The summed E-state index contributed by atoms with van der Waals surface area (Å²) in [5.74, 6) is -0.178. The van der Waals surface area contributed by atoms with Gasteiger partial charge in [0.25, 0.3) is 0 Å². The Balaban J connectivity index is 1.54. The summed E-state index contributed by atoms with van der Waals surface area (Å²) in [4.78, 5) is 20.8. The largest absolute Gasteiger partial charge is 0.505 e. The summed E-state index contributed by atoms with van der Waals surface area (Å²) >= 11 is 0. The number of carbonyl (C=O) groups excluding carboxylic acids is 1. The Morgan fingerprint density at radius 3 is 2.53 bits per heavy atom. The van der Waals surface area contributed by atoms with Gasteiger partial charge < -0.3 is 15.2 Å². The molecule has 6 nitrogen and oxygen atoms in total. The first-order valence-corrected chi connectivity index (χ1v) is 11.7. The predicted molar refractivity (Wildman–Crippen MR) is 134 cm³/mol. The number of fused-ring (bicyclic) bond motifs is 1. The van der Waals surface area contributed by atoms with Crippen molar-refractivity contribution < 1.29 is 14.6 Å². The Morgan fingerprint density at radius 2 is 1.76 bits per heavy atom. The normalized spacial score (nSPS) is 11.8. The number of carbonyl (C=O) groups is 1. The van der Waals surface area contributed by atoms with Crippen LogP contribution >= 0.6 is 0 Å². The average molecular weight is 456 g/mol. The lowest BCUT2D eigenvalue weighted by molar-refractivity contribution is 0.0498. The molecule has 2 heterocycles. The SMILES string of the molecule is CCCCCCOC(=O)c1ccc(NC(c2ccncc2)c2ccc3cccnc3c2O)cc1. The monoisotopic (exact) mass is 455 g/mol. The molecule has 2 N–H and O–H groups in total. The van der Waals surface area contributed by atoms with Gasteiger partial charge in [-0.15, -0.1) is 0 Å². The maximum absolute atomic E-state index is 12.3. The maximum atomic E-state index is 12.3. The first kappa shape index (κ1) is 23.2. The standard InChI is InChI=1S/C28H29N3O3/c1-2-3-4-5-19-34-28(33)22-8-11-23(12-9-22)31-25(21-14-17-29-18-15-21)24-13-10-20-7-6-16-30-26(20)27(24)32/h6-18,25,31-32H,2-5,19H2,1H3. The Labute approximate surface area is 199 Å². The quantitative estimate of drug-likeness (QED) is 0.216. The third kappa shape index (κ3) is 5.52. The van der Waals surface area contributed by atoms with Gasteiger partial charge in [0.15, 0.2) is 0 Å². The molecule has 0 radical (unpaired) electrons. The first-order chi connectivity index (χ1) is 16.7. The number of esters is 1. The number of rotatable bonds is 10. The van der Waals surface area contributed by atoms with E-state index >= 15 is 0 Å². The Morgan fingerprint density at radius 1 is 0.971 bits per heavy atom. The summed E-state index contributed by atoms with van der Waals surface area (Å²) < 4.78 is 5.38. The summed E-state index contributed by atoms with van der Waals surface area (Å²) in [5.41, 5.74) is 3.52. The number of aromatic nitrogens is 2. The second kappa shape index (κ2) is 11.3. The molecule has 0 fully saturated rings. The van der Waals surface area contributed by atoms with Crippen molar-refractivity contribution in [3.05, 3.63) is 95.9 Å². The predicted octanol–water partition coefficient (Wildman–Crippen LogP) is 6.27. The van der Waals surface area contributed by atoms with Crippen molar-refractivity contribution >= 4 is 22.6 Å². The van der Waals surface area contributed by atoms with Gasteiger partial charge in [-0.1, -0.05) is 44.4 Å². The molecule has 0 saturated heterocycles. The van der Waals surface area contributed by atoms with Crippen LogP contribution < -0.4 is 5.32 Å². The van der Waals surface area contributed by atoms with Gasteiger partial charge in [-0.25, -0.2) is 4.79 Å². The van der Waals surface area contributed by atoms with Crippen molar-refractivity contribution in [2.24, 2.45) is 0 Å². The molecular formula is C28H29N3O3. The number of benzene rings is 2. The second-order valence-electron chi connectivity index (χ2n) is 8.21. The average Bonchev–Trinajstić information content (AvgIpc) is 2.88. The number of pyridine rings is 2. The van der Waals surface area contributed by atoms with E-state index < -0.39 is 0 Å². The number of ether oxygens (including phenoxy) is 1. The van der Waals surface area contributed by atoms with Gasteiger partial charge in [0.1, 0.15) is 11.3 Å². The van der Waals surface area contributed by atoms with Gasteiger partial charge >= 0.3 is 5.97 Å². The first-order valence-electron chi connectivity index (χ1n) is 11.7. The summed E-state index contributed by atoms with van der Waals surface area (Å²) in [6.07, 6.45) is 9.37. The zero-order chi connectivity index (χ0) is 23.8. The number of unbranched alkanes of at least 4 members (excludes halogenated alkanes) is 3. The van der Waals surface area contributed by atoms with E-state index in [0.717, 1.165) is 42.3 Å². The number of hydrogen-bond acceptors (Lipinski definition) is 6. The molecule has 4 aromatic rings. The van der Waals surface area contributed by atoms with Crippen molar-refractivity contribution in [1.29, 1.82) is 0 Å². The van der Waals surface area contributed by atoms with E-state index in [1.165, 1.54) is 0 Å². The van der Waals surface area contributed by atoms with Crippen molar-refractivity contribution in [2.45, 2.75) is 38.6 Å². The van der Waals surface area contributed by atoms with Gasteiger partial charge in [0.2, 0.25) is 0 Å². The molecule has 0 amide bonds. The topological polar surface area (TPSA) is 84.3 Å². The Hall–Kier alpha value is -3.93. The van der Waals surface area contributed by atoms with Crippen LogP contribution in [0.5, 0.6) is 5.75 Å². The minimum absolute atomic E-state index is 0.135. The van der Waals surface area contributed by atoms with Crippen molar-refractivity contribution in [1.82, 2.24) is 9.97 Å². The number of phenols is 1. The smallest absolute Gasteiger partial charge is 0.338 e. The molecule has 0 bridgehead atoms. The molecule has 1 atom stereocenters. The Bertz CT molecular complexity index is 1230. The van der Waals surface area contributed by atoms with Crippen LogP contribution in [0.15, 0.2) is 79.3 Å². The van der Waals surface area contributed by atoms with Crippen LogP contribution in [0.1, 0.15) is 60.1 Å². The van der Waals surface area contributed by atoms with E-state index in [1.807, 2.05) is 48.5 Å². The summed E-state index contributed by atoms with van der Waals surface area (Å²) in [5, 5.41) is 15.4. The lowest BCUT2D eigenvalue weighted by Crippen LogP contribution is -2.13. The number of nitrogens with one attached hydrogen (secondary N) is 1. The van der Waals surface area contributed by atoms with E-state index in [9.17, 15) is 9.90 Å². The fourth-order valence-corrected chi connectivity index (χ4v) is 3.92. The molecule has 4 rings (SSSR count). The summed E-state index contributed by atoms with van der Waals surface area (Å²) in [6.45, 7) is 2.59. The molecule has 34 heavy (non-hydrogen) atoms. The molecule has 0 aliphatic carbocycles. The van der Waals surface area contributed by atoms with Gasteiger partial charge in [0, 0.05) is 35.2 Å². The van der Waals surface area contributed by atoms with Crippen LogP contribution in [0.25, 0.3) is 10.9 Å². The van der Waals surface area contributed by atoms with Crippen molar-refractivity contribution in [3.8, 4) is 5.75 Å². The summed E-state index contributed by atoms with van der Waals surface area (Å²) in [7, 11) is 0. The van der Waals surface area contributed by atoms with Crippen LogP contribution in [0, 0.1) is 0 Å². The van der Waals surface area contributed by atoms with E-state index in [-0.39, 0.29) is 17.8 Å². The van der Waals surface area contributed by atoms with Crippen molar-refractivity contribution in [2.75, 3.05) is 11.9 Å². The van der Waals surface area contributed by atoms with Gasteiger partial charge in [0.05, 0.1) is 18.2 Å². The molecule has 0 spiro atoms. The number of anilines is 1. The summed E-state index contributed by atoms with van der Waals surface area (Å²) in [6, 6.07) is 18.3. The second-order valence-corrected chi connectivity index (χ2v) is 8.21. The minimum Gasteiger partial charge on any atom is -0.505 e. The molecule has 2 aromatic carbocycles. The van der Waals surface area contributed by atoms with Gasteiger partial charge in [-0.3, -0.25) is 9.97 Å². The molecule has 0 aliphatic heterocycles. The van der Waals surface area contributed by atoms with Crippen molar-refractivity contribution in [3.63, 3.8) is 0 Å². The fraction of sp³-hybridized carbons (Fsp3) is 0.250. The highest BCUT2D eigenvalue weighted by atomic mass is 16.5. The molecule has 174 valence electrons. The lowest BCUT2D eigenvalue weighted by Gasteiger charge is -2.22. The van der Waals surface area contributed by atoms with Crippen LogP contribution in [-0.4, -0.2) is 27.7 Å². The number of hydrogen-bond donors (Lipinski definition) is 2. The minimum atomic E-state index is -0.342. The molecule has 0 aliphatic rings. The highest BCUT2D eigenvalue weighted by Gasteiger charge is 2.20. The molecule has 2 aromatic heterocycles. The third-order valence-corrected chi connectivity index (χ3v) is 5.79. The van der Waals surface area contributed by atoms with Gasteiger partial charge in [-0.05, 0) is 54.4 Å². The highest BCUT2D eigenvalue weighted by molar-refractivity contribution is 5.90. The van der Waals surface area contributed by atoms with E-state index in [1.54, 1.807) is 30.7 Å².